The Balaban J connectivity index is 3.29. The molecule has 1 atom stereocenters. The minimum Gasteiger partial charge on any atom is -0.388 e. The first-order valence-corrected chi connectivity index (χ1v) is 4.78. The van der Waals surface area contributed by atoms with Crippen molar-refractivity contribution in [2.45, 2.75) is 26.1 Å². The molecule has 16 heavy (non-hydrogen) atoms. The lowest BCUT2D eigenvalue weighted by Crippen LogP contribution is -2.15. The van der Waals surface area contributed by atoms with Crippen LogP contribution in [0.1, 0.15) is 31.1 Å². The SMILES string of the molecule is CC(C)C(O)c1ccc(F)cc1C(F)(F)F. The van der Waals surface area contributed by atoms with Crippen molar-refractivity contribution in [1.82, 2.24) is 0 Å². The highest BCUT2D eigenvalue weighted by atomic mass is 19.4. The average molecular weight is 236 g/mol. The van der Waals surface area contributed by atoms with Crippen molar-refractivity contribution in [3.63, 3.8) is 0 Å². The summed E-state index contributed by atoms with van der Waals surface area (Å²) in [5.74, 6) is -1.33. The number of halogens is 4. The number of rotatable bonds is 2. The molecule has 0 aliphatic heterocycles. The van der Waals surface area contributed by atoms with Crippen molar-refractivity contribution < 1.29 is 22.7 Å². The Morgan fingerprint density at radius 1 is 1.19 bits per heavy atom. The summed E-state index contributed by atoms with van der Waals surface area (Å²) in [6.07, 6.45) is -5.91. The van der Waals surface area contributed by atoms with E-state index in [1.165, 1.54) is 0 Å². The van der Waals surface area contributed by atoms with Crippen molar-refractivity contribution in [2.24, 2.45) is 5.92 Å². The number of aliphatic hydroxyl groups excluding tert-OH is 1. The molecule has 1 aromatic rings. The summed E-state index contributed by atoms with van der Waals surface area (Å²) in [7, 11) is 0. The van der Waals surface area contributed by atoms with E-state index in [4.69, 9.17) is 0 Å². The molecule has 1 aromatic carbocycles. The van der Waals surface area contributed by atoms with E-state index in [9.17, 15) is 22.7 Å². The monoisotopic (exact) mass is 236 g/mol. The van der Waals surface area contributed by atoms with Gasteiger partial charge < -0.3 is 5.11 Å². The van der Waals surface area contributed by atoms with Crippen LogP contribution in [0.3, 0.4) is 0 Å². The molecule has 1 N–H and O–H groups in total. The van der Waals surface area contributed by atoms with E-state index in [2.05, 4.69) is 0 Å². The summed E-state index contributed by atoms with van der Waals surface area (Å²) in [6.45, 7) is 3.18. The van der Waals surface area contributed by atoms with Gasteiger partial charge in [-0.15, -0.1) is 0 Å². The number of aliphatic hydroxyl groups is 1. The van der Waals surface area contributed by atoms with E-state index >= 15 is 0 Å². The summed E-state index contributed by atoms with van der Waals surface area (Å²) in [6, 6.07) is 2.29. The minimum absolute atomic E-state index is 0.288. The maximum Gasteiger partial charge on any atom is 0.416 e. The summed E-state index contributed by atoms with van der Waals surface area (Å²) in [5, 5.41) is 9.61. The molecule has 0 bridgehead atoms. The second kappa shape index (κ2) is 4.41. The van der Waals surface area contributed by atoms with E-state index < -0.39 is 23.7 Å². The Labute approximate surface area is 90.7 Å². The van der Waals surface area contributed by atoms with E-state index in [0.29, 0.717) is 6.07 Å². The third kappa shape index (κ3) is 2.72. The minimum atomic E-state index is -4.66. The molecule has 1 rings (SSSR count). The lowest BCUT2D eigenvalue weighted by atomic mass is 9.94. The zero-order valence-electron chi connectivity index (χ0n) is 8.85. The molecule has 1 unspecified atom stereocenters. The zero-order chi connectivity index (χ0) is 12.5. The highest BCUT2D eigenvalue weighted by Crippen LogP contribution is 2.36. The first-order valence-electron chi connectivity index (χ1n) is 4.78. The summed E-state index contributed by atoms with van der Waals surface area (Å²) in [5.41, 5.74) is -1.40. The normalized spacial score (nSPS) is 14.2. The van der Waals surface area contributed by atoms with Gasteiger partial charge in [-0.25, -0.2) is 4.39 Å². The van der Waals surface area contributed by atoms with Crippen LogP contribution in [-0.4, -0.2) is 5.11 Å². The second-order valence-electron chi connectivity index (χ2n) is 3.92. The van der Waals surface area contributed by atoms with Gasteiger partial charge in [0.25, 0.3) is 0 Å². The number of hydrogen-bond acceptors (Lipinski definition) is 1. The van der Waals surface area contributed by atoms with Gasteiger partial charge in [0, 0.05) is 0 Å². The first kappa shape index (κ1) is 13.0. The summed E-state index contributed by atoms with van der Waals surface area (Å²) < 4.78 is 50.5. The molecular formula is C11H12F4O. The topological polar surface area (TPSA) is 20.2 Å². The molecule has 0 amide bonds. The van der Waals surface area contributed by atoms with E-state index in [0.717, 1.165) is 12.1 Å². The fourth-order valence-electron chi connectivity index (χ4n) is 1.39. The second-order valence-corrected chi connectivity index (χ2v) is 3.92. The Morgan fingerprint density at radius 3 is 2.19 bits per heavy atom. The Bertz CT molecular complexity index is 371. The highest BCUT2D eigenvalue weighted by Gasteiger charge is 2.35. The van der Waals surface area contributed by atoms with Gasteiger partial charge in [0.2, 0.25) is 0 Å². The molecule has 0 aromatic heterocycles. The molecule has 0 fully saturated rings. The van der Waals surface area contributed by atoms with E-state index in [1.54, 1.807) is 13.8 Å². The van der Waals surface area contributed by atoms with Crippen molar-refractivity contribution in [2.75, 3.05) is 0 Å². The van der Waals surface area contributed by atoms with Crippen molar-refractivity contribution in [1.29, 1.82) is 0 Å². The lowest BCUT2D eigenvalue weighted by molar-refractivity contribution is -0.139. The van der Waals surface area contributed by atoms with Crippen LogP contribution in [0.25, 0.3) is 0 Å². The summed E-state index contributed by atoms with van der Waals surface area (Å²) >= 11 is 0. The molecule has 0 heterocycles. The van der Waals surface area contributed by atoms with Crippen LogP contribution in [0.4, 0.5) is 17.6 Å². The quantitative estimate of drug-likeness (QED) is 0.779. The predicted molar refractivity (Wildman–Crippen MR) is 51.2 cm³/mol. The molecule has 1 nitrogen and oxygen atoms in total. The lowest BCUT2D eigenvalue weighted by Gasteiger charge is -2.20. The van der Waals surface area contributed by atoms with E-state index in [-0.39, 0.29) is 11.5 Å². The van der Waals surface area contributed by atoms with Crippen molar-refractivity contribution in [3.05, 3.63) is 35.1 Å². The van der Waals surface area contributed by atoms with Gasteiger partial charge in [-0.3, -0.25) is 0 Å². The van der Waals surface area contributed by atoms with Crippen molar-refractivity contribution >= 4 is 0 Å². The highest BCUT2D eigenvalue weighted by molar-refractivity contribution is 5.32. The van der Waals surface area contributed by atoms with Gasteiger partial charge in [0.1, 0.15) is 5.82 Å². The van der Waals surface area contributed by atoms with Gasteiger partial charge in [0.15, 0.2) is 0 Å². The van der Waals surface area contributed by atoms with Gasteiger partial charge >= 0.3 is 6.18 Å². The molecule has 0 aliphatic carbocycles. The smallest absolute Gasteiger partial charge is 0.388 e. The molecule has 0 saturated heterocycles. The molecule has 5 heteroatoms. The molecular weight excluding hydrogens is 224 g/mol. The van der Waals surface area contributed by atoms with Gasteiger partial charge in [0.05, 0.1) is 11.7 Å². The van der Waals surface area contributed by atoms with Crippen LogP contribution in [0.15, 0.2) is 18.2 Å². The maximum absolute atomic E-state index is 12.8. The Morgan fingerprint density at radius 2 is 1.75 bits per heavy atom. The standard InChI is InChI=1S/C11H12F4O/c1-6(2)10(16)8-4-3-7(12)5-9(8)11(13,14)15/h3-6,10,16H,1-2H3. The van der Waals surface area contributed by atoms with Gasteiger partial charge in [-0.05, 0) is 23.6 Å². The largest absolute Gasteiger partial charge is 0.416 e. The number of hydrogen-bond donors (Lipinski definition) is 1. The molecule has 0 radical (unpaired) electrons. The van der Waals surface area contributed by atoms with Crippen LogP contribution >= 0.6 is 0 Å². The molecule has 0 saturated carbocycles. The van der Waals surface area contributed by atoms with Crippen LogP contribution in [0.5, 0.6) is 0 Å². The molecule has 0 aliphatic rings. The molecule has 90 valence electrons. The third-order valence-electron chi connectivity index (χ3n) is 2.27. The van der Waals surface area contributed by atoms with Crippen LogP contribution in [0, 0.1) is 11.7 Å². The van der Waals surface area contributed by atoms with Gasteiger partial charge in [-0.2, -0.15) is 13.2 Å². The zero-order valence-corrected chi connectivity index (χ0v) is 8.85. The fourth-order valence-corrected chi connectivity index (χ4v) is 1.39. The van der Waals surface area contributed by atoms with E-state index in [1.807, 2.05) is 0 Å². The first-order chi connectivity index (χ1) is 7.23. The number of benzene rings is 1. The van der Waals surface area contributed by atoms with Gasteiger partial charge in [-0.1, -0.05) is 19.9 Å². The third-order valence-corrected chi connectivity index (χ3v) is 2.27. The van der Waals surface area contributed by atoms with Crippen molar-refractivity contribution in [3.8, 4) is 0 Å². The Hall–Kier alpha value is -1.10. The fraction of sp³-hybridized carbons (Fsp3) is 0.455. The predicted octanol–water partition coefficient (Wildman–Crippen LogP) is 3.53. The number of alkyl halides is 3. The van der Waals surface area contributed by atoms with Crippen LogP contribution in [-0.2, 0) is 6.18 Å². The van der Waals surface area contributed by atoms with Crippen LogP contribution in [0.2, 0.25) is 0 Å². The average Bonchev–Trinajstić information content (AvgIpc) is 2.15. The molecule has 0 spiro atoms. The Kier molecular flexibility index (Phi) is 3.57. The van der Waals surface area contributed by atoms with Crippen LogP contribution < -0.4 is 0 Å². The maximum atomic E-state index is 12.8. The summed E-state index contributed by atoms with van der Waals surface area (Å²) in [4.78, 5) is 0.